The van der Waals surface area contributed by atoms with Crippen LogP contribution in [0.3, 0.4) is 0 Å². The maximum atomic E-state index is 12.1. The first-order valence-electron chi connectivity index (χ1n) is 7.05. The number of hydrogen-bond acceptors (Lipinski definition) is 3. The summed E-state index contributed by atoms with van der Waals surface area (Å²) in [7, 11) is -3.16. The van der Waals surface area contributed by atoms with Crippen molar-refractivity contribution in [3.63, 3.8) is 0 Å². The first-order chi connectivity index (χ1) is 9.10. The number of hydrogen-bond donors (Lipinski definition) is 0. The molecule has 108 valence electrons. The molecule has 1 aromatic carbocycles. The molecule has 3 nitrogen and oxygen atoms in total. The third kappa shape index (κ3) is 5.64. The van der Waals surface area contributed by atoms with Crippen LogP contribution >= 0.6 is 0 Å². The Morgan fingerprint density at radius 1 is 1.05 bits per heavy atom. The number of unbranched alkanes of at least 4 members (excludes halogenated alkanes) is 3. The van der Waals surface area contributed by atoms with E-state index in [1.165, 1.54) is 0 Å². The van der Waals surface area contributed by atoms with E-state index in [0.29, 0.717) is 23.7 Å². The first-order valence-corrected chi connectivity index (χ1v) is 8.71. The summed E-state index contributed by atoms with van der Waals surface area (Å²) in [5.74, 6) is 0.858. The highest BCUT2D eigenvalue weighted by Gasteiger charge is 2.14. The molecule has 0 aliphatic carbocycles. The van der Waals surface area contributed by atoms with Crippen LogP contribution in [0, 0.1) is 0 Å². The molecule has 0 fully saturated rings. The van der Waals surface area contributed by atoms with Crippen LogP contribution in [0.5, 0.6) is 5.75 Å². The zero-order valence-electron chi connectivity index (χ0n) is 11.9. The van der Waals surface area contributed by atoms with Crippen molar-refractivity contribution in [3.05, 3.63) is 24.3 Å². The van der Waals surface area contributed by atoms with Crippen LogP contribution in [-0.2, 0) is 9.84 Å². The molecule has 0 spiro atoms. The molecule has 1 rings (SSSR count). The summed E-state index contributed by atoms with van der Waals surface area (Å²) in [5, 5.41) is 0. The molecular weight excluding hydrogens is 260 g/mol. The summed E-state index contributed by atoms with van der Waals surface area (Å²) in [6.07, 6.45) is 4.86. The maximum Gasteiger partial charge on any atom is 0.178 e. The largest absolute Gasteiger partial charge is 0.494 e. The Bertz CT molecular complexity index is 466. The van der Waals surface area contributed by atoms with Gasteiger partial charge < -0.3 is 4.74 Å². The van der Waals surface area contributed by atoms with Crippen LogP contribution in [0.4, 0.5) is 0 Å². The lowest BCUT2D eigenvalue weighted by Gasteiger charge is -2.08. The van der Waals surface area contributed by atoms with E-state index in [-0.39, 0.29) is 5.75 Å². The van der Waals surface area contributed by atoms with Crippen LogP contribution < -0.4 is 4.74 Å². The van der Waals surface area contributed by atoms with E-state index in [2.05, 4.69) is 6.92 Å². The molecule has 0 radical (unpaired) electrons. The highest BCUT2D eigenvalue weighted by atomic mass is 32.2. The Balaban J connectivity index is 2.66. The van der Waals surface area contributed by atoms with Gasteiger partial charge in [0, 0.05) is 0 Å². The molecule has 0 bridgehead atoms. The summed E-state index contributed by atoms with van der Waals surface area (Å²) in [4.78, 5) is 0.369. The second-order valence-electron chi connectivity index (χ2n) is 4.70. The smallest absolute Gasteiger partial charge is 0.178 e. The van der Waals surface area contributed by atoms with E-state index in [0.717, 1.165) is 25.7 Å². The zero-order valence-corrected chi connectivity index (χ0v) is 12.7. The summed E-state index contributed by atoms with van der Waals surface area (Å²) < 4.78 is 29.7. The number of benzene rings is 1. The average molecular weight is 284 g/mol. The third-order valence-corrected chi connectivity index (χ3v) is 4.75. The van der Waals surface area contributed by atoms with Crippen molar-refractivity contribution in [2.45, 2.75) is 50.8 Å². The average Bonchev–Trinajstić information content (AvgIpc) is 2.42. The molecule has 0 saturated carbocycles. The molecule has 0 amide bonds. The van der Waals surface area contributed by atoms with E-state index in [1.807, 2.05) is 13.0 Å². The van der Waals surface area contributed by atoms with Gasteiger partial charge in [-0.25, -0.2) is 8.42 Å². The predicted molar refractivity (Wildman–Crippen MR) is 78.4 cm³/mol. The molecule has 0 unspecified atom stereocenters. The van der Waals surface area contributed by atoms with Gasteiger partial charge in [0.05, 0.1) is 17.3 Å². The van der Waals surface area contributed by atoms with Crippen molar-refractivity contribution in [2.24, 2.45) is 0 Å². The van der Waals surface area contributed by atoms with Crippen molar-refractivity contribution in [2.75, 3.05) is 12.4 Å². The minimum atomic E-state index is -3.16. The summed E-state index contributed by atoms with van der Waals surface area (Å²) in [6, 6.07) is 6.83. The highest BCUT2D eigenvalue weighted by Crippen LogP contribution is 2.19. The number of rotatable bonds is 9. The van der Waals surface area contributed by atoms with Gasteiger partial charge in [0.25, 0.3) is 0 Å². The molecule has 0 aromatic heterocycles. The van der Waals surface area contributed by atoms with Gasteiger partial charge in [-0.05, 0) is 31.0 Å². The van der Waals surface area contributed by atoms with E-state index in [4.69, 9.17) is 4.74 Å². The maximum absolute atomic E-state index is 12.1. The normalized spacial score (nSPS) is 11.5. The monoisotopic (exact) mass is 284 g/mol. The van der Waals surface area contributed by atoms with Crippen molar-refractivity contribution < 1.29 is 13.2 Å². The van der Waals surface area contributed by atoms with Gasteiger partial charge in [-0.2, -0.15) is 0 Å². The van der Waals surface area contributed by atoms with Gasteiger partial charge in [-0.3, -0.25) is 0 Å². The lowest BCUT2D eigenvalue weighted by atomic mass is 10.3. The second kappa shape index (κ2) is 8.20. The topological polar surface area (TPSA) is 43.4 Å². The lowest BCUT2D eigenvalue weighted by molar-refractivity contribution is 0.305. The summed E-state index contributed by atoms with van der Waals surface area (Å²) in [6.45, 7) is 4.77. The number of sulfone groups is 1. The molecule has 0 aliphatic heterocycles. The Labute approximate surface area is 116 Å². The van der Waals surface area contributed by atoms with Crippen molar-refractivity contribution >= 4 is 9.84 Å². The fourth-order valence-electron chi connectivity index (χ4n) is 1.75. The number of ether oxygens (including phenoxy) is 1. The van der Waals surface area contributed by atoms with Crippen LogP contribution in [0.1, 0.15) is 46.0 Å². The Hall–Kier alpha value is -1.03. The van der Waals surface area contributed by atoms with Gasteiger partial charge in [0.1, 0.15) is 5.75 Å². The van der Waals surface area contributed by atoms with Gasteiger partial charge >= 0.3 is 0 Å². The van der Waals surface area contributed by atoms with E-state index < -0.39 is 9.84 Å². The minimum absolute atomic E-state index is 0.211. The Kier molecular flexibility index (Phi) is 6.92. The van der Waals surface area contributed by atoms with Crippen LogP contribution in [0.15, 0.2) is 29.2 Å². The lowest BCUT2D eigenvalue weighted by Crippen LogP contribution is -2.07. The molecule has 0 heterocycles. The fourth-order valence-corrected chi connectivity index (χ4v) is 3.24. The summed E-state index contributed by atoms with van der Waals surface area (Å²) >= 11 is 0. The highest BCUT2D eigenvalue weighted by molar-refractivity contribution is 7.91. The van der Waals surface area contributed by atoms with Crippen LogP contribution in [0.25, 0.3) is 0 Å². The predicted octanol–water partition coefficient (Wildman–Crippen LogP) is 3.83. The zero-order chi connectivity index (χ0) is 14.1. The van der Waals surface area contributed by atoms with Crippen molar-refractivity contribution in [3.8, 4) is 5.75 Å². The van der Waals surface area contributed by atoms with Gasteiger partial charge in [-0.15, -0.1) is 0 Å². The molecule has 4 heteroatoms. The molecule has 0 atom stereocenters. The van der Waals surface area contributed by atoms with E-state index in [9.17, 15) is 8.42 Å². The minimum Gasteiger partial charge on any atom is -0.494 e. The molecule has 0 saturated heterocycles. The molecule has 19 heavy (non-hydrogen) atoms. The molecule has 0 N–H and O–H groups in total. The van der Waals surface area contributed by atoms with E-state index >= 15 is 0 Å². The van der Waals surface area contributed by atoms with Crippen molar-refractivity contribution in [1.82, 2.24) is 0 Å². The Morgan fingerprint density at radius 2 is 1.79 bits per heavy atom. The van der Waals surface area contributed by atoms with Gasteiger partial charge in [0.2, 0.25) is 0 Å². The second-order valence-corrected chi connectivity index (χ2v) is 6.81. The van der Waals surface area contributed by atoms with E-state index in [1.54, 1.807) is 18.2 Å². The van der Waals surface area contributed by atoms with Gasteiger partial charge in [-0.1, -0.05) is 39.2 Å². The SMILES string of the molecule is CCCCCOc1cccc(S(=O)(=O)CCCC)c1. The summed E-state index contributed by atoms with van der Waals surface area (Å²) in [5.41, 5.74) is 0. The molecule has 0 aliphatic rings. The third-order valence-electron chi connectivity index (χ3n) is 2.95. The molecule has 1 aromatic rings. The fraction of sp³-hybridized carbons (Fsp3) is 0.600. The van der Waals surface area contributed by atoms with Crippen LogP contribution in [-0.4, -0.2) is 20.8 Å². The van der Waals surface area contributed by atoms with Crippen molar-refractivity contribution in [1.29, 1.82) is 0 Å². The first kappa shape index (κ1) is 16.0. The van der Waals surface area contributed by atoms with Crippen LogP contribution in [0.2, 0.25) is 0 Å². The quantitative estimate of drug-likeness (QED) is 0.647. The Morgan fingerprint density at radius 3 is 2.47 bits per heavy atom. The molecular formula is C15H24O3S. The van der Waals surface area contributed by atoms with Gasteiger partial charge in [0.15, 0.2) is 9.84 Å². The standard InChI is InChI=1S/C15H24O3S/c1-3-5-7-11-18-14-9-8-10-15(13-14)19(16,17)12-6-4-2/h8-10,13H,3-7,11-12H2,1-2H3.